The average molecular weight is 371 g/mol. The summed E-state index contributed by atoms with van der Waals surface area (Å²) in [6.07, 6.45) is 0. The van der Waals surface area contributed by atoms with Gasteiger partial charge in [-0.25, -0.2) is 4.39 Å². The van der Waals surface area contributed by atoms with Crippen molar-refractivity contribution in [3.63, 3.8) is 0 Å². The summed E-state index contributed by atoms with van der Waals surface area (Å²) in [5.74, 6) is -0.0186. The van der Waals surface area contributed by atoms with Gasteiger partial charge in [0.15, 0.2) is 11.6 Å². The topological polar surface area (TPSA) is 36.0 Å². The molecule has 1 heterocycles. The van der Waals surface area contributed by atoms with Crippen LogP contribution in [0.15, 0.2) is 42.5 Å². The normalized spacial score (nSPS) is 14.9. The summed E-state index contributed by atoms with van der Waals surface area (Å²) in [5, 5.41) is 0. The van der Waals surface area contributed by atoms with Crippen molar-refractivity contribution in [2.45, 2.75) is 6.54 Å². The molecule has 0 unspecified atom stereocenters. The Morgan fingerprint density at radius 3 is 2.30 bits per heavy atom. The van der Waals surface area contributed by atoms with Crippen LogP contribution in [-0.4, -0.2) is 63.1 Å². The van der Waals surface area contributed by atoms with E-state index < -0.39 is 0 Å². The fraction of sp³-hybridized carbons (Fsp3) is 0.381. The predicted octanol–water partition coefficient (Wildman–Crippen LogP) is 2.86. The first kappa shape index (κ1) is 19.2. The highest BCUT2D eigenvalue weighted by atomic mass is 19.1. The third-order valence-electron chi connectivity index (χ3n) is 4.91. The molecular formula is C21H26FN3O2. The Labute approximate surface area is 159 Å². The molecule has 1 saturated heterocycles. The molecule has 0 bridgehead atoms. The number of halogens is 1. The maximum atomic E-state index is 13.8. The maximum Gasteiger partial charge on any atom is 0.253 e. The zero-order chi connectivity index (χ0) is 19.4. The number of piperazine rings is 1. The smallest absolute Gasteiger partial charge is 0.253 e. The van der Waals surface area contributed by atoms with Crippen LogP contribution in [0.4, 0.5) is 10.1 Å². The Kier molecular flexibility index (Phi) is 5.96. The molecule has 1 aliphatic heterocycles. The number of carbonyl (C=O) groups is 1. The molecule has 1 aliphatic rings. The fourth-order valence-corrected chi connectivity index (χ4v) is 3.26. The number of amides is 1. The van der Waals surface area contributed by atoms with Crippen LogP contribution < -0.4 is 9.64 Å². The lowest BCUT2D eigenvalue weighted by Crippen LogP contribution is -2.48. The number of hydrogen-bond donors (Lipinski definition) is 0. The van der Waals surface area contributed by atoms with Crippen molar-refractivity contribution in [1.29, 1.82) is 0 Å². The van der Waals surface area contributed by atoms with Crippen LogP contribution in [0.5, 0.6) is 5.75 Å². The van der Waals surface area contributed by atoms with Gasteiger partial charge in [-0.05, 0) is 42.0 Å². The maximum absolute atomic E-state index is 13.8. The summed E-state index contributed by atoms with van der Waals surface area (Å²) in [5.41, 5.74) is 2.70. The molecule has 1 amide bonds. The zero-order valence-corrected chi connectivity index (χ0v) is 16.1. The summed E-state index contributed by atoms with van der Waals surface area (Å²) in [4.78, 5) is 18.8. The van der Waals surface area contributed by atoms with Gasteiger partial charge in [0.05, 0.1) is 7.11 Å². The Morgan fingerprint density at radius 1 is 1.07 bits per heavy atom. The number of carbonyl (C=O) groups excluding carboxylic acids is 1. The van der Waals surface area contributed by atoms with E-state index in [1.807, 2.05) is 54.2 Å². The minimum atomic E-state index is -0.343. The van der Waals surface area contributed by atoms with E-state index in [4.69, 9.17) is 4.74 Å². The highest BCUT2D eigenvalue weighted by Gasteiger charge is 2.22. The van der Waals surface area contributed by atoms with Gasteiger partial charge >= 0.3 is 0 Å². The lowest BCUT2D eigenvalue weighted by molar-refractivity contribution is 0.0628. The van der Waals surface area contributed by atoms with E-state index in [2.05, 4.69) is 4.90 Å². The summed E-state index contributed by atoms with van der Waals surface area (Å²) in [6, 6.07) is 12.7. The van der Waals surface area contributed by atoms with Gasteiger partial charge in [-0.15, -0.1) is 0 Å². The number of hydrogen-bond acceptors (Lipinski definition) is 4. The molecule has 0 aliphatic carbocycles. The molecule has 0 saturated carbocycles. The third kappa shape index (κ3) is 4.57. The lowest BCUT2D eigenvalue weighted by atomic mass is 10.1. The number of rotatable bonds is 5. The van der Waals surface area contributed by atoms with E-state index >= 15 is 0 Å². The van der Waals surface area contributed by atoms with Gasteiger partial charge in [-0.1, -0.05) is 6.07 Å². The number of anilines is 1. The van der Waals surface area contributed by atoms with Gasteiger partial charge in [-0.2, -0.15) is 0 Å². The van der Waals surface area contributed by atoms with Crippen molar-refractivity contribution < 1.29 is 13.9 Å². The van der Waals surface area contributed by atoms with Gasteiger partial charge in [-0.3, -0.25) is 9.69 Å². The number of ether oxygens (including phenoxy) is 1. The van der Waals surface area contributed by atoms with Crippen LogP contribution in [0, 0.1) is 5.82 Å². The second-order valence-corrected chi connectivity index (χ2v) is 6.98. The number of methoxy groups -OCH3 is 1. The van der Waals surface area contributed by atoms with Gasteiger partial charge in [0.2, 0.25) is 0 Å². The molecule has 144 valence electrons. The van der Waals surface area contributed by atoms with Crippen molar-refractivity contribution in [3.05, 3.63) is 59.4 Å². The van der Waals surface area contributed by atoms with E-state index in [-0.39, 0.29) is 17.5 Å². The third-order valence-corrected chi connectivity index (χ3v) is 4.91. The molecule has 0 atom stereocenters. The van der Waals surface area contributed by atoms with Crippen LogP contribution in [0.3, 0.4) is 0 Å². The summed E-state index contributed by atoms with van der Waals surface area (Å²) < 4.78 is 18.8. The second kappa shape index (κ2) is 8.39. The quantitative estimate of drug-likeness (QED) is 0.810. The molecule has 0 radical (unpaired) electrons. The van der Waals surface area contributed by atoms with Gasteiger partial charge < -0.3 is 14.5 Å². The Bertz CT molecular complexity index is 785. The van der Waals surface area contributed by atoms with E-state index in [0.717, 1.165) is 24.3 Å². The van der Waals surface area contributed by atoms with Crippen molar-refractivity contribution in [3.8, 4) is 5.75 Å². The fourth-order valence-electron chi connectivity index (χ4n) is 3.26. The standard InChI is InChI=1S/C21H26FN3O2/c1-23(2)18-7-5-17(6-8-18)21(26)25-12-10-24(11-13-25)15-16-4-9-20(27-3)19(22)14-16/h4-9,14H,10-13,15H2,1-3H3. The van der Waals surface area contributed by atoms with E-state index in [1.165, 1.54) is 13.2 Å². The van der Waals surface area contributed by atoms with E-state index in [0.29, 0.717) is 25.2 Å². The predicted molar refractivity (Wildman–Crippen MR) is 105 cm³/mol. The van der Waals surface area contributed by atoms with E-state index in [1.54, 1.807) is 6.07 Å². The highest BCUT2D eigenvalue weighted by Crippen LogP contribution is 2.20. The average Bonchev–Trinajstić information content (AvgIpc) is 2.68. The first-order valence-corrected chi connectivity index (χ1v) is 9.09. The minimum absolute atomic E-state index is 0.0652. The number of nitrogens with zero attached hydrogens (tertiary/aromatic N) is 3. The number of benzene rings is 2. The summed E-state index contributed by atoms with van der Waals surface area (Å²) >= 11 is 0. The Hall–Kier alpha value is -2.60. The molecule has 5 nitrogen and oxygen atoms in total. The van der Waals surface area contributed by atoms with Crippen molar-refractivity contribution in [1.82, 2.24) is 9.80 Å². The molecule has 1 fully saturated rings. The molecular weight excluding hydrogens is 345 g/mol. The van der Waals surface area contributed by atoms with Crippen LogP contribution in [-0.2, 0) is 6.54 Å². The van der Waals surface area contributed by atoms with Gasteiger partial charge in [0.1, 0.15) is 0 Å². The van der Waals surface area contributed by atoms with Crippen molar-refractivity contribution >= 4 is 11.6 Å². The molecule has 2 aromatic carbocycles. The van der Waals surface area contributed by atoms with Crippen LogP contribution in [0.25, 0.3) is 0 Å². The molecule has 6 heteroatoms. The summed E-state index contributed by atoms with van der Waals surface area (Å²) in [6.45, 7) is 3.56. The SMILES string of the molecule is COc1ccc(CN2CCN(C(=O)c3ccc(N(C)C)cc3)CC2)cc1F. The monoisotopic (exact) mass is 371 g/mol. The first-order valence-electron chi connectivity index (χ1n) is 9.09. The molecule has 0 N–H and O–H groups in total. The zero-order valence-electron chi connectivity index (χ0n) is 16.1. The molecule has 0 spiro atoms. The largest absolute Gasteiger partial charge is 0.494 e. The van der Waals surface area contributed by atoms with Crippen LogP contribution in [0.1, 0.15) is 15.9 Å². The van der Waals surface area contributed by atoms with Crippen molar-refractivity contribution in [2.75, 3.05) is 52.3 Å². The van der Waals surface area contributed by atoms with Crippen LogP contribution in [0.2, 0.25) is 0 Å². The van der Waals surface area contributed by atoms with Gasteiger partial charge in [0, 0.05) is 58.1 Å². The van der Waals surface area contributed by atoms with Crippen molar-refractivity contribution in [2.24, 2.45) is 0 Å². The van der Waals surface area contributed by atoms with Crippen LogP contribution >= 0.6 is 0 Å². The Morgan fingerprint density at radius 2 is 1.74 bits per heavy atom. The first-order chi connectivity index (χ1) is 13.0. The molecule has 27 heavy (non-hydrogen) atoms. The van der Waals surface area contributed by atoms with Gasteiger partial charge in [0.25, 0.3) is 5.91 Å². The summed E-state index contributed by atoms with van der Waals surface area (Å²) in [7, 11) is 5.41. The van der Waals surface area contributed by atoms with E-state index in [9.17, 15) is 9.18 Å². The minimum Gasteiger partial charge on any atom is -0.494 e. The highest BCUT2D eigenvalue weighted by molar-refractivity contribution is 5.94. The molecule has 2 aromatic rings. The Balaban J connectivity index is 1.55. The molecule has 3 rings (SSSR count). The molecule has 0 aromatic heterocycles. The lowest BCUT2D eigenvalue weighted by Gasteiger charge is -2.35. The second-order valence-electron chi connectivity index (χ2n) is 6.98.